The molecule has 1 unspecified atom stereocenters. The SMILES string of the molecule is CCC(Nc1ccc2c(cc1=O)[C@@H](NC(C)=O)CCc1cc(OC)c(OC)c(OC)c1-2)C(=O)O. The van der Waals surface area contributed by atoms with Gasteiger partial charge in [-0.2, -0.15) is 0 Å². The van der Waals surface area contributed by atoms with Gasteiger partial charge in [0.15, 0.2) is 11.5 Å². The van der Waals surface area contributed by atoms with E-state index in [0.29, 0.717) is 47.6 Å². The highest BCUT2D eigenvalue weighted by Gasteiger charge is 2.29. The summed E-state index contributed by atoms with van der Waals surface area (Å²) in [6, 6.07) is 5.31. The average molecular weight is 471 g/mol. The Morgan fingerprint density at radius 3 is 2.38 bits per heavy atom. The number of methoxy groups -OCH3 is 3. The summed E-state index contributed by atoms with van der Waals surface area (Å²) in [5, 5.41) is 15.2. The molecule has 0 saturated carbocycles. The Morgan fingerprint density at radius 2 is 1.82 bits per heavy atom. The fraction of sp³-hybridized carbons (Fsp3) is 0.400. The zero-order valence-electron chi connectivity index (χ0n) is 20.0. The number of carboxylic acids is 1. The molecule has 0 fully saturated rings. The molecule has 0 heterocycles. The van der Waals surface area contributed by atoms with Gasteiger partial charge in [0.2, 0.25) is 17.1 Å². The Bertz CT molecular complexity index is 1160. The highest BCUT2D eigenvalue weighted by Crippen LogP contribution is 2.50. The number of aliphatic carboxylic acids is 1. The Hall–Kier alpha value is -3.75. The van der Waals surface area contributed by atoms with Crippen LogP contribution in [0.25, 0.3) is 11.1 Å². The molecule has 2 atom stereocenters. The standard InChI is InChI=1S/C25H30N2O7/c1-6-17(25(30)31)27-19-10-8-15-16(12-20(19)29)18(26-13(2)28)9-7-14-11-21(32-3)23(33-4)24(34-5)22(14)15/h8,10-12,17-18H,6-7,9H2,1-5H3,(H,26,28)(H,27,29)(H,30,31)/t17?,18-/m0/s1. The van der Waals surface area contributed by atoms with Crippen LogP contribution in [-0.2, 0) is 16.0 Å². The Labute approximate surface area is 198 Å². The molecule has 0 bridgehead atoms. The van der Waals surface area contributed by atoms with E-state index < -0.39 is 18.1 Å². The van der Waals surface area contributed by atoms with Crippen molar-refractivity contribution in [1.82, 2.24) is 5.32 Å². The second-order valence-electron chi connectivity index (χ2n) is 8.04. The number of amides is 1. The summed E-state index contributed by atoms with van der Waals surface area (Å²) in [5.74, 6) is 0.105. The Kier molecular flexibility index (Phi) is 7.65. The predicted molar refractivity (Wildman–Crippen MR) is 128 cm³/mol. The van der Waals surface area contributed by atoms with Crippen molar-refractivity contribution in [3.8, 4) is 28.4 Å². The molecule has 9 heteroatoms. The van der Waals surface area contributed by atoms with E-state index in [2.05, 4.69) is 10.6 Å². The van der Waals surface area contributed by atoms with Crippen LogP contribution in [0.1, 0.15) is 43.9 Å². The lowest BCUT2D eigenvalue weighted by atomic mass is 9.95. The van der Waals surface area contributed by atoms with Gasteiger partial charge in [0, 0.05) is 12.5 Å². The van der Waals surface area contributed by atoms with Crippen LogP contribution in [0.4, 0.5) is 5.69 Å². The van der Waals surface area contributed by atoms with Gasteiger partial charge in [-0.05, 0) is 54.2 Å². The first-order valence-electron chi connectivity index (χ1n) is 11.0. The predicted octanol–water partition coefficient (Wildman–Crippen LogP) is 3.14. The van der Waals surface area contributed by atoms with Gasteiger partial charge >= 0.3 is 5.97 Å². The number of hydrogen-bond donors (Lipinski definition) is 3. The Morgan fingerprint density at radius 1 is 1.12 bits per heavy atom. The largest absolute Gasteiger partial charge is 0.493 e. The lowest BCUT2D eigenvalue weighted by molar-refractivity contribution is -0.138. The number of aryl methyl sites for hydroxylation is 1. The van der Waals surface area contributed by atoms with E-state index >= 15 is 0 Å². The first kappa shape index (κ1) is 24.9. The number of rotatable bonds is 8. The van der Waals surface area contributed by atoms with Gasteiger partial charge in [0.25, 0.3) is 0 Å². The summed E-state index contributed by atoms with van der Waals surface area (Å²) in [6.45, 7) is 3.15. The first-order valence-corrected chi connectivity index (χ1v) is 11.0. The highest BCUT2D eigenvalue weighted by atomic mass is 16.5. The second-order valence-corrected chi connectivity index (χ2v) is 8.04. The normalized spacial score (nSPS) is 15.1. The van der Waals surface area contributed by atoms with Crippen molar-refractivity contribution in [3.05, 3.63) is 45.6 Å². The van der Waals surface area contributed by atoms with E-state index in [4.69, 9.17) is 14.2 Å². The van der Waals surface area contributed by atoms with Crippen LogP contribution in [0.3, 0.4) is 0 Å². The van der Waals surface area contributed by atoms with Crippen LogP contribution in [0.2, 0.25) is 0 Å². The number of carboxylic acid groups (broad SMARTS) is 1. The Balaban J connectivity index is 2.34. The topological polar surface area (TPSA) is 123 Å². The molecule has 3 rings (SSSR count). The number of hydrogen-bond acceptors (Lipinski definition) is 7. The molecule has 1 aliphatic rings. The number of fused-ring (bicyclic) bond motifs is 3. The number of anilines is 1. The van der Waals surface area contributed by atoms with Crippen molar-refractivity contribution < 1.29 is 28.9 Å². The number of nitrogens with one attached hydrogen (secondary N) is 2. The summed E-state index contributed by atoms with van der Waals surface area (Å²) in [4.78, 5) is 36.7. The number of ether oxygens (including phenoxy) is 3. The third-order valence-corrected chi connectivity index (χ3v) is 5.95. The number of benzene rings is 1. The molecular formula is C25H30N2O7. The van der Waals surface area contributed by atoms with Gasteiger partial charge < -0.3 is 30.0 Å². The molecule has 2 aromatic carbocycles. The zero-order valence-corrected chi connectivity index (χ0v) is 20.0. The van der Waals surface area contributed by atoms with Crippen LogP contribution in [0.5, 0.6) is 17.2 Å². The third-order valence-electron chi connectivity index (χ3n) is 5.95. The van der Waals surface area contributed by atoms with E-state index in [1.54, 1.807) is 26.2 Å². The third kappa shape index (κ3) is 4.78. The van der Waals surface area contributed by atoms with Crippen LogP contribution >= 0.6 is 0 Å². The van der Waals surface area contributed by atoms with E-state index in [9.17, 15) is 19.5 Å². The molecule has 182 valence electrons. The lowest BCUT2D eigenvalue weighted by Gasteiger charge is -2.19. The van der Waals surface area contributed by atoms with Crippen LogP contribution in [-0.4, -0.2) is 44.4 Å². The van der Waals surface area contributed by atoms with Crippen molar-refractivity contribution >= 4 is 17.6 Å². The summed E-state index contributed by atoms with van der Waals surface area (Å²) in [7, 11) is 4.59. The maximum atomic E-state index is 13.2. The van der Waals surface area contributed by atoms with E-state index in [1.807, 2.05) is 6.07 Å². The maximum Gasteiger partial charge on any atom is 0.326 e. The van der Waals surface area contributed by atoms with Crippen molar-refractivity contribution in [2.24, 2.45) is 0 Å². The van der Waals surface area contributed by atoms with Gasteiger partial charge in [0.1, 0.15) is 6.04 Å². The van der Waals surface area contributed by atoms with Crippen LogP contribution in [0.15, 0.2) is 29.1 Å². The summed E-state index contributed by atoms with van der Waals surface area (Å²) in [5.41, 5.74) is 2.71. The molecule has 0 saturated heterocycles. The highest BCUT2D eigenvalue weighted by molar-refractivity contribution is 5.84. The van der Waals surface area contributed by atoms with Gasteiger partial charge in [0.05, 0.1) is 33.1 Å². The molecule has 3 N–H and O–H groups in total. The second kappa shape index (κ2) is 10.5. The van der Waals surface area contributed by atoms with Gasteiger partial charge in [-0.15, -0.1) is 0 Å². The average Bonchev–Trinajstić information content (AvgIpc) is 3.04. The van der Waals surface area contributed by atoms with Crippen LogP contribution < -0.4 is 30.3 Å². The quantitative estimate of drug-likeness (QED) is 0.538. The van der Waals surface area contributed by atoms with Crippen molar-refractivity contribution in [2.75, 3.05) is 26.6 Å². The summed E-state index contributed by atoms with van der Waals surface area (Å²) >= 11 is 0. The molecule has 9 nitrogen and oxygen atoms in total. The van der Waals surface area contributed by atoms with E-state index in [-0.39, 0.29) is 17.0 Å². The lowest BCUT2D eigenvalue weighted by Crippen LogP contribution is -2.30. The maximum absolute atomic E-state index is 13.2. The smallest absolute Gasteiger partial charge is 0.326 e. The van der Waals surface area contributed by atoms with Crippen LogP contribution in [0, 0.1) is 0 Å². The van der Waals surface area contributed by atoms with Gasteiger partial charge in [-0.1, -0.05) is 13.0 Å². The summed E-state index contributed by atoms with van der Waals surface area (Å²) in [6.07, 6.45) is 1.43. The monoisotopic (exact) mass is 470 g/mol. The molecular weight excluding hydrogens is 440 g/mol. The fourth-order valence-electron chi connectivity index (χ4n) is 4.35. The van der Waals surface area contributed by atoms with Gasteiger partial charge in [-0.25, -0.2) is 4.79 Å². The minimum absolute atomic E-state index is 0.157. The first-order chi connectivity index (χ1) is 16.2. The van der Waals surface area contributed by atoms with Crippen molar-refractivity contribution in [3.63, 3.8) is 0 Å². The van der Waals surface area contributed by atoms with Gasteiger partial charge in [-0.3, -0.25) is 9.59 Å². The van der Waals surface area contributed by atoms with E-state index in [0.717, 1.165) is 11.1 Å². The molecule has 1 amide bonds. The molecule has 0 spiro atoms. The van der Waals surface area contributed by atoms with Crippen molar-refractivity contribution in [2.45, 2.75) is 45.2 Å². The minimum atomic E-state index is -1.05. The minimum Gasteiger partial charge on any atom is -0.493 e. The molecule has 2 aromatic rings. The van der Waals surface area contributed by atoms with E-state index in [1.165, 1.54) is 27.2 Å². The molecule has 0 aromatic heterocycles. The number of carbonyl (C=O) groups is 2. The molecule has 34 heavy (non-hydrogen) atoms. The fourth-order valence-corrected chi connectivity index (χ4v) is 4.35. The summed E-state index contributed by atoms with van der Waals surface area (Å²) < 4.78 is 16.8. The van der Waals surface area contributed by atoms with Crippen molar-refractivity contribution in [1.29, 1.82) is 0 Å². The molecule has 0 radical (unpaired) electrons. The molecule has 0 aliphatic heterocycles. The number of carbonyl (C=O) groups excluding carboxylic acids is 1. The molecule has 1 aliphatic carbocycles. The zero-order chi connectivity index (χ0) is 25.0.